The van der Waals surface area contributed by atoms with Gasteiger partial charge in [0.1, 0.15) is 11.5 Å². The molecular weight excluding hydrogens is 595 g/mol. The van der Waals surface area contributed by atoms with Gasteiger partial charge in [-0.25, -0.2) is 20.0 Å². The van der Waals surface area contributed by atoms with Gasteiger partial charge in [0.15, 0.2) is 0 Å². The summed E-state index contributed by atoms with van der Waals surface area (Å²) in [6, 6.07) is 34.2. The second kappa shape index (κ2) is 14.8. The molecule has 0 unspecified atom stereocenters. The Balaban J connectivity index is 0.000000184. The Morgan fingerprint density at radius 3 is 1.27 bits per heavy atom. The van der Waals surface area contributed by atoms with Crippen molar-refractivity contribution in [3.05, 3.63) is 131 Å². The number of aromatic nitrogens is 2. The molecule has 4 aromatic carbocycles. The van der Waals surface area contributed by atoms with Gasteiger partial charge in [-0.1, -0.05) is 84.9 Å². The van der Waals surface area contributed by atoms with E-state index in [4.69, 9.17) is 0 Å². The van der Waals surface area contributed by atoms with Crippen LogP contribution in [-0.4, -0.2) is 32.6 Å². The molecule has 205 valence electrons. The topological polar surface area (TPSA) is 91.0 Å². The quantitative estimate of drug-likeness (QED) is 0.183. The van der Waals surface area contributed by atoms with E-state index in [2.05, 4.69) is 20.0 Å². The smallest absolute Gasteiger partial charge is 0.209 e. The molecule has 0 saturated carbocycles. The molecule has 0 amide bonds. The van der Waals surface area contributed by atoms with Crippen LogP contribution in [0.25, 0.3) is 22.5 Å². The Hall–Kier alpha value is -4.41. The van der Waals surface area contributed by atoms with E-state index in [0.29, 0.717) is 21.4 Å². The first-order valence-corrected chi connectivity index (χ1v) is 14.1. The van der Waals surface area contributed by atoms with Gasteiger partial charge in [0.2, 0.25) is 10.3 Å². The average Bonchev–Trinajstić information content (AvgIpc) is 3.68. The van der Waals surface area contributed by atoms with E-state index in [1.165, 1.54) is 22.7 Å². The molecule has 0 atom stereocenters. The zero-order valence-electron chi connectivity index (χ0n) is 21.5. The third-order valence-electron chi connectivity index (χ3n) is 5.62. The minimum Gasteiger partial charge on any atom is -0.507 e. The number of hydrogen-bond donors (Lipinski definition) is 2. The van der Waals surface area contributed by atoms with Gasteiger partial charge in [-0.3, -0.25) is 0 Å². The standard InChI is InChI=1S/2C16H12N2OS.Co/c2*19-15-9-5-4-8-13(15)10-17-16-18-14(11-20-16)12-6-2-1-3-7-12;/h2*1-11,19H;/b2*17-10+;. The van der Waals surface area contributed by atoms with Crippen LogP contribution in [0.3, 0.4) is 0 Å². The number of phenolic OH excluding ortho intramolecular Hbond substituents is 2. The predicted octanol–water partition coefficient (Wildman–Crippen LogP) is 8.53. The van der Waals surface area contributed by atoms with Crippen molar-refractivity contribution >= 4 is 45.4 Å². The van der Waals surface area contributed by atoms with Crippen LogP contribution in [0.1, 0.15) is 11.1 Å². The minimum atomic E-state index is 0. The molecule has 0 spiro atoms. The van der Waals surface area contributed by atoms with Gasteiger partial charge in [-0.15, -0.1) is 22.7 Å². The maximum atomic E-state index is 9.66. The van der Waals surface area contributed by atoms with Crippen LogP contribution in [0, 0.1) is 0 Å². The summed E-state index contributed by atoms with van der Waals surface area (Å²) in [4.78, 5) is 17.5. The molecule has 6 rings (SSSR count). The maximum Gasteiger partial charge on any atom is 0.209 e. The molecule has 0 saturated heterocycles. The zero-order valence-corrected chi connectivity index (χ0v) is 24.2. The van der Waals surface area contributed by atoms with E-state index >= 15 is 0 Å². The van der Waals surface area contributed by atoms with Crippen LogP contribution in [0.5, 0.6) is 11.5 Å². The molecule has 0 bridgehead atoms. The fourth-order valence-corrected chi connectivity index (χ4v) is 4.91. The predicted molar refractivity (Wildman–Crippen MR) is 166 cm³/mol. The van der Waals surface area contributed by atoms with Gasteiger partial charge in [0.25, 0.3) is 0 Å². The molecular formula is C32H24CoN4O2S2. The third-order valence-corrected chi connectivity index (χ3v) is 7.12. The molecule has 0 aliphatic heterocycles. The molecule has 0 aliphatic carbocycles. The Bertz CT molecular complexity index is 1610. The summed E-state index contributed by atoms with van der Waals surface area (Å²) in [7, 11) is 0. The Morgan fingerprint density at radius 2 is 0.878 bits per heavy atom. The number of nitrogens with zero attached hydrogens (tertiary/aromatic N) is 4. The Labute approximate surface area is 256 Å². The number of aromatic hydroxyl groups is 2. The van der Waals surface area contributed by atoms with Gasteiger partial charge in [-0.05, 0) is 24.3 Å². The second-order valence-electron chi connectivity index (χ2n) is 8.40. The molecule has 0 fully saturated rings. The molecule has 41 heavy (non-hydrogen) atoms. The monoisotopic (exact) mass is 619 g/mol. The molecule has 6 aromatic rings. The first kappa shape index (κ1) is 29.6. The summed E-state index contributed by atoms with van der Waals surface area (Å²) in [5.74, 6) is 0.437. The summed E-state index contributed by atoms with van der Waals surface area (Å²) in [6.07, 6.45) is 3.26. The van der Waals surface area contributed by atoms with Gasteiger partial charge < -0.3 is 10.2 Å². The normalized spacial score (nSPS) is 10.7. The van der Waals surface area contributed by atoms with E-state index in [0.717, 1.165) is 22.5 Å². The van der Waals surface area contributed by atoms with Gasteiger partial charge in [-0.2, -0.15) is 0 Å². The molecule has 2 N–H and O–H groups in total. The van der Waals surface area contributed by atoms with Crippen LogP contribution in [-0.2, 0) is 16.8 Å². The van der Waals surface area contributed by atoms with Crippen molar-refractivity contribution in [2.45, 2.75) is 0 Å². The Morgan fingerprint density at radius 1 is 0.512 bits per heavy atom. The molecule has 2 heterocycles. The fourth-order valence-electron chi connectivity index (χ4n) is 3.57. The zero-order chi connectivity index (χ0) is 27.6. The summed E-state index contributed by atoms with van der Waals surface area (Å²) >= 11 is 2.96. The molecule has 2 aromatic heterocycles. The maximum absolute atomic E-state index is 9.66. The number of hydrogen-bond acceptors (Lipinski definition) is 8. The Kier molecular flexibility index (Phi) is 10.7. The fraction of sp³-hybridized carbons (Fsp3) is 0. The van der Waals surface area contributed by atoms with Crippen LogP contribution in [0.4, 0.5) is 10.3 Å². The number of benzene rings is 4. The van der Waals surface area contributed by atoms with E-state index in [1.807, 2.05) is 95.7 Å². The van der Waals surface area contributed by atoms with Crippen LogP contribution < -0.4 is 0 Å². The second-order valence-corrected chi connectivity index (χ2v) is 10.1. The van der Waals surface area contributed by atoms with E-state index in [9.17, 15) is 10.2 Å². The van der Waals surface area contributed by atoms with E-state index in [-0.39, 0.29) is 28.3 Å². The van der Waals surface area contributed by atoms with Crippen LogP contribution in [0.2, 0.25) is 0 Å². The van der Waals surface area contributed by atoms with Gasteiger partial charge in [0.05, 0.1) is 11.4 Å². The first-order chi connectivity index (χ1) is 19.7. The van der Waals surface area contributed by atoms with E-state index < -0.39 is 0 Å². The SMILES string of the molecule is Oc1ccccc1/C=N/c1nc(-c2ccccc2)cs1.Oc1ccccc1/C=N/c1nc(-c2ccccc2)cs1.[Co]. The van der Waals surface area contributed by atoms with Gasteiger partial charge in [0, 0.05) is 62.2 Å². The average molecular weight is 620 g/mol. The van der Waals surface area contributed by atoms with Crippen molar-refractivity contribution in [1.29, 1.82) is 0 Å². The molecule has 9 heteroatoms. The van der Waals surface area contributed by atoms with Gasteiger partial charge >= 0.3 is 0 Å². The van der Waals surface area contributed by atoms with Crippen molar-refractivity contribution in [3.8, 4) is 34.0 Å². The largest absolute Gasteiger partial charge is 0.507 e. The summed E-state index contributed by atoms with van der Waals surface area (Å²) in [5, 5.41) is 24.6. The molecule has 0 aliphatic rings. The summed E-state index contributed by atoms with van der Waals surface area (Å²) in [6.45, 7) is 0. The molecule has 1 radical (unpaired) electrons. The van der Waals surface area contributed by atoms with Crippen LogP contribution >= 0.6 is 22.7 Å². The number of para-hydroxylation sites is 2. The summed E-state index contributed by atoms with van der Waals surface area (Å²) in [5.41, 5.74) is 5.36. The van der Waals surface area contributed by atoms with Crippen LogP contribution in [0.15, 0.2) is 130 Å². The van der Waals surface area contributed by atoms with Crippen molar-refractivity contribution in [1.82, 2.24) is 9.97 Å². The van der Waals surface area contributed by atoms with Crippen molar-refractivity contribution < 1.29 is 27.0 Å². The van der Waals surface area contributed by atoms with E-state index in [1.54, 1.807) is 36.7 Å². The van der Waals surface area contributed by atoms with Crippen molar-refractivity contribution in [2.24, 2.45) is 9.98 Å². The summed E-state index contributed by atoms with van der Waals surface area (Å²) < 4.78 is 0. The number of aliphatic imine (C=N–C) groups is 2. The number of thiazole rings is 2. The van der Waals surface area contributed by atoms with Crippen molar-refractivity contribution in [3.63, 3.8) is 0 Å². The molecule has 6 nitrogen and oxygen atoms in total. The number of phenols is 2. The third kappa shape index (κ3) is 8.29. The minimum absolute atomic E-state index is 0. The number of rotatable bonds is 6. The van der Waals surface area contributed by atoms with Crippen molar-refractivity contribution in [2.75, 3.05) is 0 Å². The first-order valence-electron chi connectivity index (χ1n) is 12.3.